The maximum absolute atomic E-state index is 12.2. The molecule has 5 heteroatoms. The highest BCUT2D eigenvalue weighted by molar-refractivity contribution is 5.94. The molecule has 2 aromatic rings. The van der Waals surface area contributed by atoms with Crippen molar-refractivity contribution in [3.05, 3.63) is 53.3 Å². The lowest BCUT2D eigenvalue weighted by atomic mass is 10.1. The normalized spacial score (nSPS) is 10.4. The number of aromatic amines is 1. The second-order valence-corrected chi connectivity index (χ2v) is 4.40. The summed E-state index contributed by atoms with van der Waals surface area (Å²) < 4.78 is 5.04. The van der Waals surface area contributed by atoms with Gasteiger partial charge in [-0.2, -0.15) is 5.10 Å². The van der Waals surface area contributed by atoms with Gasteiger partial charge in [0.2, 0.25) is 0 Å². The van der Waals surface area contributed by atoms with Crippen LogP contribution in [0.5, 0.6) is 0 Å². The van der Waals surface area contributed by atoms with Gasteiger partial charge in [0.25, 0.3) is 5.91 Å². The smallest absolute Gasteiger partial charge is 0.253 e. The van der Waals surface area contributed by atoms with E-state index < -0.39 is 0 Å². The molecule has 19 heavy (non-hydrogen) atoms. The molecule has 0 saturated carbocycles. The first-order valence-corrected chi connectivity index (χ1v) is 6.01. The molecule has 1 aromatic carbocycles. The average Bonchev–Trinajstić information content (AvgIpc) is 2.92. The van der Waals surface area contributed by atoms with Crippen LogP contribution in [0.4, 0.5) is 0 Å². The van der Waals surface area contributed by atoms with Crippen LogP contribution in [-0.4, -0.2) is 35.2 Å². The van der Waals surface area contributed by atoms with Gasteiger partial charge in [-0.05, 0) is 17.7 Å². The molecule has 0 unspecified atom stereocenters. The molecule has 100 valence electrons. The number of H-pyrrole nitrogens is 1. The number of nitrogens with zero attached hydrogens (tertiary/aromatic N) is 2. The first-order chi connectivity index (χ1) is 9.20. The van der Waals surface area contributed by atoms with Gasteiger partial charge in [-0.3, -0.25) is 9.89 Å². The van der Waals surface area contributed by atoms with Crippen LogP contribution in [0.2, 0.25) is 0 Å². The van der Waals surface area contributed by atoms with Gasteiger partial charge in [-0.1, -0.05) is 12.1 Å². The maximum atomic E-state index is 12.2. The van der Waals surface area contributed by atoms with Gasteiger partial charge in [0.1, 0.15) is 0 Å². The molecule has 1 amide bonds. The highest BCUT2D eigenvalue weighted by Crippen LogP contribution is 2.09. The molecule has 2 rings (SSSR count). The highest BCUT2D eigenvalue weighted by Gasteiger charge is 2.12. The summed E-state index contributed by atoms with van der Waals surface area (Å²) in [5.74, 6) is -0.00910. The van der Waals surface area contributed by atoms with Crippen LogP contribution in [0.1, 0.15) is 21.5 Å². The summed E-state index contributed by atoms with van der Waals surface area (Å²) in [7, 11) is 3.43. The van der Waals surface area contributed by atoms with Crippen molar-refractivity contribution in [3.8, 4) is 0 Å². The fourth-order valence-electron chi connectivity index (χ4n) is 1.84. The van der Waals surface area contributed by atoms with E-state index in [0.29, 0.717) is 18.7 Å². The van der Waals surface area contributed by atoms with Crippen molar-refractivity contribution in [2.75, 3.05) is 14.2 Å². The Hall–Kier alpha value is -2.14. The number of benzene rings is 1. The van der Waals surface area contributed by atoms with E-state index in [1.54, 1.807) is 31.5 Å². The summed E-state index contributed by atoms with van der Waals surface area (Å²) >= 11 is 0. The van der Waals surface area contributed by atoms with Crippen molar-refractivity contribution in [3.63, 3.8) is 0 Å². The number of rotatable bonds is 5. The van der Waals surface area contributed by atoms with Crippen LogP contribution in [-0.2, 0) is 17.9 Å². The van der Waals surface area contributed by atoms with Crippen LogP contribution >= 0.6 is 0 Å². The molecule has 0 spiro atoms. The maximum Gasteiger partial charge on any atom is 0.253 e. The van der Waals surface area contributed by atoms with Crippen LogP contribution in [0.25, 0.3) is 0 Å². The SMILES string of the molecule is COCc1ccc(C(=O)N(C)Cc2cn[nH]c2)cc1. The number of carbonyl (C=O) groups is 1. The Morgan fingerprint density at radius 2 is 2.05 bits per heavy atom. The van der Waals surface area contributed by atoms with Gasteiger partial charge in [0.15, 0.2) is 0 Å². The Kier molecular flexibility index (Phi) is 4.30. The molecule has 1 heterocycles. The topological polar surface area (TPSA) is 58.2 Å². The molecular weight excluding hydrogens is 242 g/mol. The van der Waals surface area contributed by atoms with E-state index in [0.717, 1.165) is 11.1 Å². The van der Waals surface area contributed by atoms with Crippen molar-refractivity contribution >= 4 is 5.91 Å². The number of hydrogen-bond acceptors (Lipinski definition) is 3. The zero-order valence-electron chi connectivity index (χ0n) is 11.1. The van der Waals surface area contributed by atoms with Gasteiger partial charge in [0.05, 0.1) is 12.8 Å². The van der Waals surface area contributed by atoms with Gasteiger partial charge in [-0.25, -0.2) is 0 Å². The van der Waals surface area contributed by atoms with E-state index in [4.69, 9.17) is 4.74 Å². The summed E-state index contributed by atoms with van der Waals surface area (Å²) in [6, 6.07) is 7.45. The Morgan fingerprint density at radius 1 is 1.32 bits per heavy atom. The van der Waals surface area contributed by atoms with E-state index >= 15 is 0 Å². The fourth-order valence-corrected chi connectivity index (χ4v) is 1.84. The van der Waals surface area contributed by atoms with Gasteiger partial charge in [0, 0.05) is 38.0 Å². The van der Waals surface area contributed by atoms with Gasteiger partial charge < -0.3 is 9.64 Å². The predicted octanol–water partition coefficient (Wildman–Crippen LogP) is 1.83. The summed E-state index contributed by atoms with van der Waals surface area (Å²) in [6.07, 6.45) is 3.50. The number of methoxy groups -OCH3 is 1. The second kappa shape index (κ2) is 6.15. The third-order valence-corrected chi connectivity index (χ3v) is 2.83. The lowest BCUT2D eigenvalue weighted by Crippen LogP contribution is -2.25. The van der Waals surface area contributed by atoms with Crippen LogP contribution in [0, 0.1) is 0 Å². The monoisotopic (exact) mass is 259 g/mol. The minimum atomic E-state index is -0.00910. The van der Waals surface area contributed by atoms with E-state index in [2.05, 4.69) is 10.2 Å². The number of ether oxygens (including phenoxy) is 1. The molecule has 0 aliphatic rings. The fraction of sp³-hybridized carbons (Fsp3) is 0.286. The molecule has 5 nitrogen and oxygen atoms in total. The zero-order valence-corrected chi connectivity index (χ0v) is 11.1. The van der Waals surface area contributed by atoms with E-state index in [9.17, 15) is 4.79 Å². The van der Waals surface area contributed by atoms with Crippen molar-refractivity contribution in [1.82, 2.24) is 15.1 Å². The number of carbonyl (C=O) groups excluding carboxylic acids is 1. The molecule has 0 aliphatic carbocycles. The lowest BCUT2D eigenvalue weighted by Gasteiger charge is -2.16. The van der Waals surface area contributed by atoms with E-state index in [-0.39, 0.29) is 5.91 Å². The number of aromatic nitrogens is 2. The Morgan fingerprint density at radius 3 is 2.63 bits per heavy atom. The summed E-state index contributed by atoms with van der Waals surface area (Å²) in [4.78, 5) is 13.9. The zero-order chi connectivity index (χ0) is 13.7. The minimum absolute atomic E-state index is 0.00910. The van der Waals surface area contributed by atoms with Crippen molar-refractivity contribution in [2.45, 2.75) is 13.2 Å². The largest absolute Gasteiger partial charge is 0.380 e. The van der Waals surface area contributed by atoms with Crippen LogP contribution in [0.3, 0.4) is 0 Å². The first-order valence-electron chi connectivity index (χ1n) is 6.01. The molecule has 0 radical (unpaired) electrons. The summed E-state index contributed by atoms with van der Waals surface area (Å²) in [5.41, 5.74) is 2.70. The van der Waals surface area contributed by atoms with Crippen molar-refractivity contribution in [1.29, 1.82) is 0 Å². The number of nitrogens with one attached hydrogen (secondary N) is 1. The van der Waals surface area contributed by atoms with Gasteiger partial charge >= 0.3 is 0 Å². The van der Waals surface area contributed by atoms with Crippen LogP contribution in [0.15, 0.2) is 36.7 Å². The lowest BCUT2D eigenvalue weighted by molar-refractivity contribution is 0.0785. The Bertz CT molecular complexity index is 520. The summed E-state index contributed by atoms with van der Waals surface area (Å²) in [5, 5.41) is 6.60. The third kappa shape index (κ3) is 3.42. The van der Waals surface area contributed by atoms with Crippen molar-refractivity contribution in [2.24, 2.45) is 0 Å². The van der Waals surface area contributed by atoms with Crippen LogP contribution < -0.4 is 0 Å². The molecular formula is C14H17N3O2. The first kappa shape index (κ1) is 13.3. The average molecular weight is 259 g/mol. The predicted molar refractivity (Wildman–Crippen MR) is 71.5 cm³/mol. The molecule has 0 fully saturated rings. The minimum Gasteiger partial charge on any atom is -0.380 e. The molecule has 0 bridgehead atoms. The number of amides is 1. The standard InChI is InChI=1S/C14H17N3O2/c1-17(9-12-7-15-16-8-12)14(18)13-5-3-11(4-6-13)10-19-2/h3-8H,9-10H2,1-2H3,(H,15,16). The Labute approximate surface area is 112 Å². The molecule has 1 aromatic heterocycles. The quantitative estimate of drug-likeness (QED) is 0.891. The van der Waals surface area contributed by atoms with E-state index in [1.807, 2.05) is 24.3 Å². The molecule has 1 N–H and O–H groups in total. The summed E-state index contributed by atoms with van der Waals surface area (Å²) in [6.45, 7) is 1.09. The molecule has 0 aliphatic heterocycles. The Balaban J connectivity index is 2.02. The van der Waals surface area contributed by atoms with Gasteiger partial charge in [-0.15, -0.1) is 0 Å². The molecule has 0 atom stereocenters. The third-order valence-electron chi connectivity index (χ3n) is 2.83. The second-order valence-electron chi connectivity index (χ2n) is 4.40. The highest BCUT2D eigenvalue weighted by atomic mass is 16.5. The number of hydrogen-bond donors (Lipinski definition) is 1. The van der Waals surface area contributed by atoms with E-state index in [1.165, 1.54) is 0 Å². The molecule has 0 saturated heterocycles. The van der Waals surface area contributed by atoms with Crippen molar-refractivity contribution < 1.29 is 9.53 Å².